The Bertz CT molecular complexity index is 739. The maximum Gasteiger partial charge on any atom is 0.210 e. The molecule has 0 saturated heterocycles. The van der Waals surface area contributed by atoms with Gasteiger partial charge in [0, 0.05) is 16.3 Å². The van der Waals surface area contributed by atoms with Crippen molar-refractivity contribution in [2.75, 3.05) is 5.32 Å². The van der Waals surface area contributed by atoms with Crippen LogP contribution in [-0.2, 0) is 0 Å². The van der Waals surface area contributed by atoms with E-state index in [1.807, 2.05) is 36.4 Å². The first-order valence-corrected chi connectivity index (χ1v) is 7.34. The predicted octanol–water partition coefficient (Wildman–Crippen LogP) is 4.91. The fourth-order valence-corrected chi connectivity index (χ4v) is 2.93. The largest absolute Gasteiger partial charge is 0.330 e. The normalized spacial score (nSPS) is 10.5. The number of nitrogens with zero attached hydrogens (tertiary/aromatic N) is 2. The minimum Gasteiger partial charge on any atom is -0.330 e. The number of benzene rings is 2. The van der Waals surface area contributed by atoms with Crippen LogP contribution in [0.1, 0.15) is 5.56 Å². The number of halogens is 1. The minimum atomic E-state index is 0.693. The number of rotatable bonds is 3. The fourth-order valence-electron chi connectivity index (χ4n) is 1.89. The molecule has 5 heteroatoms. The molecule has 1 N–H and O–H groups in total. The van der Waals surface area contributed by atoms with Crippen molar-refractivity contribution in [3.63, 3.8) is 0 Å². The highest BCUT2D eigenvalue weighted by atomic mass is 35.5. The highest BCUT2D eigenvalue weighted by Crippen LogP contribution is 2.30. The molecule has 0 aliphatic carbocycles. The number of hydrogen-bond donors (Lipinski definition) is 1. The molecule has 2 aromatic carbocycles. The van der Waals surface area contributed by atoms with Gasteiger partial charge in [0.05, 0.1) is 0 Å². The first-order valence-electron chi connectivity index (χ1n) is 6.14. The van der Waals surface area contributed by atoms with Gasteiger partial charge in [0.25, 0.3) is 0 Å². The van der Waals surface area contributed by atoms with E-state index in [1.165, 1.54) is 16.9 Å². The van der Waals surface area contributed by atoms with Crippen LogP contribution in [0.4, 0.5) is 10.8 Å². The molecule has 0 aliphatic rings. The molecule has 0 saturated carbocycles. The van der Waals surface area contributed by atoms with E-state index < -0.39 is 0 Å². The van der Waals surface area contributed by atoms with Gasteiger partial charge in [-0.05, 0) is 30.7 Å². The third-order valence-corrected chi connectivity index (χ3v) is 3.98. The second-order valence-electron chi connectivity index (χ2n) is 4.36. The van der Waals surface area contributed by atoms with E-state index in [0.29, 0.717) is 5.02 Å². The third-order valence-electron chi connectivity index (χ3n) is 2.88. The van der Waals surface area contributed by atoms with Gasteiger partial charge in [-0.15, -0.1) is 10.2 Å². The maximum atomic E-state index is 5.96. The van der Waals surface area contributed by atoms with Crippen LogP contribution < -0.4 is 5.32 Å². The minimum absolute atomic E-state index is 0.693. The summed E-state index contributed by atoms with van der Waals surface area (Å²) in [4.78, 5) is 0. The Morgan fingerprint density at radius 2 is 1.90 bits per heavy atom. The number of hydrogen-bond acceptors (Lipinski definition) is 4. The van der Waals surface area contributed by atoms with Gasteiger partial charge in [-0.3, -0.25) is 0 Å². The topological polar surface area (TPSA) is 37.8 Å². The van der Waals surface area contributed by atoms with Crippen molar-refractivity contribution in [2.24, 2.45) is 0 Å². The van der Waals surface area contributed by atoms with Crippen molar-refractivity contribution in [1.29, 1.82) is 0 Å². The second-order valence-corrected chi connectivity index (χ2v) is 5.78. The Morgan fingerprint density at radius 1 is 1.05 bits per heavy atom. The van der Waals surface area contributed by atoms with Gasteiger partial charge in [0.1, 0.15) is 5.01 Å². The van der Waals surface area contributed by atoms with Crippen LogP contribution in [0.3, 0.4) is 0 Å². The van der Waals surface area contributed by atoms with E-state index in [-0.39, 0.29) is 0 Å². The van der Waals surface area contributed by atoms with Gasteiger partial charge in [0.2, 0.25) is 5.13 Å². The summed E-state index contributed by atoms with van der Waals surface area (Å²) in [6.45, 7) is 2.07. The molecular weight excluding hydrogens is 290 g/mol. The lowest BCUT2D eigenvalue weighted by Gasteiger charge is -2.01. The van der Waals surface area contributed by atoms with Gasteiger partial charge in [0.15, 0.2) is 0 Å². The quantitative estimate of drug-likeness (QED) is 0.747. The molecule has 0 amide bonds. The lowest BCUT2D eigenvalue weighted by Crippen LogP contribution is -1.88. The van der Waals surface area contributed by atoms with E-state index in [2.05, 4.69) is 34.6 Å². The summed E-state index contributed by atoms with van der Waals surface area (Å²) < 4.78 is 0. The predicted molar refractivity (Wildman–Crippen MR) is 84.8 cm³/mol. The molecule has 0 aliphatic heterocycles. The molecule has 0 radical (unpaired) electrons. The van der Waals surface area contributed by atoms with Crippen molar-refractivity contribution in [2.45, 2.75) is 6.92 Å². The van der Waals surface area contributed by atoms with Crippen LogP contribution in [0.15, 0.2) is 48.5 Å². The van der Waals surface area contributed by atoms with E-state index in [1.54, 1.807) is 0 Å². The van der Waals surface area contributed by atoms with E-state index >= 15 is 0 Å². The van der Waals surface area contributed by atoms with Crippen molar-refractivity contribution in [3.8, 4) is 10.6 Å². The Kier molecular flexibility index (Phi) is 3.67. The zero-order valence-electron chi connectivity index (χ0n) is 10.8. The number of aromatic nitrogens is 2. The van der Waals surface area contributed by atoms with Gasteiger partial charge in [-0.2, -0.15) is 0 Å². The molecule has 100 valence electrons. The molecule has 1 aromatic heterocycles. The molecule has 3 rings (SSSR count). The highest BCUT2D eigenvalue weighted by Gasteiger charge is 2.08. The van der Waals surface area contributed by atoms with Crippen LogP contribution in [0.25, 0.3) is 10.6 Å². The van der Waals surface area contributed by atoms with Gasteiger partial charge >= 0.3 is 0 Å². The molecule has 0 unspecified atom stereocenters. The summed E-state index contributed by atoms with van der Waals surface area (Å²) >= 11 is 7.48. The summed E-state index contributed by atoms with van der Waals surface area (Å²) in [5, 5.41) is 14.0. The highest BCUT2D eigenvalue weighted by molar-refractivity contribution is 7.18. The van der Waals surface area contributed by atoms with Gasteiger partial charge in [-0.1, -0.05) is 53.3 Å². The summed E-state index contributed by atoms with van der Waals surface area (Å²) in [6.07, 6.45) is 0. The van der Waals surface area contributed by atoms with Gasteiger partial charge in [-0.25, -0.2) is 0 Å². The van der Waals surface area contributed by atoms with Crippen LogP contribution in [0.2, 0.25) is 5.02 Å². The lowest BCUT2D eigenvalue weighted by atomic mass is 10.1. The lowest BCUT2D eigenvalue weighted by molar-refractivity contribution is 1.10. The second kappa shape index (κ2) is 5.61. The summed E-state index contributed by atoms with van der Waals surface area (Å²) in [5.74, 6) is 0. The molecular formula is C15H12ClN3S. The van der Waals surface area contributed by atoms with Crippen LogP contribution >= 0.6 is 22.9 Å². The summed E-state index contributed by atoms with van der Waals surface area (Å²) in [7, 11) is 0. The van der Waals surface area contributed by atoms with Crippen molar-refractivity contribution in [3.05, 3.63) is 59.1 Å². The molecule has 0 atom stereocenters. The Morgan fingerprint density at radius 3 is 2.70 bits per heavy atom. The standard InChI is InChI=1S/C15H12ClN3S/c1-10-5-2-3-8-13(10)14-18-19-15(20-14)17-12-7-4-6-11(16)9-12/h2-9H,1H3,(H,17,19). The molecule has 0 bridgehead atoms. The molecule has 3 aromatic rings. The van der Waals surface area contributed by atoms with Gasteiger partial charge < -0.3 is 5.32 Å². The third kappa shape index (κ3) is 2.81. The van der Waals surface area contributed by atoms with Crippen LogP contribution in [-0.4, -0.2) is 10.2 Å². The summed E-state index contributed by atoms with van der Waals surface area (Å²) in [5.41, 5.74) is 3.21. The smallest absolute Gasteiger partial charge is 0.210 e. The Labute approximate surface area is 126 Å². The van der Waals surface area contributed by atoms with E-state index in [4.69, 9.17) is 11.6 Å². The zero-order chi connectivity index (χ0) is 13.9. The first-order chi connectivity index (χ1) is 9.72. The van der Waals surface area contributed by atoms with Crippen molar-refractivity contribution in [1.82, 2.24) is 10.2 Å². The summed E-state index contributed by atoms with van der Waals surface area (Å²) in [6, 6.07) is 15.7. The first kappa shape index (κ1) is 13.1. The van der Waals surface area contributed by atoms with Crippen LogP contribution in [0.5, 0.6) is 0 Å². The molecule has 20 heavy (non-hydrogen) atoms. The van der Waals surface area contributed by atoms with E-state index in [9.17, 15) is 0 Å². The fraction of sp³-hybridized carbons (Fsp3) is 0.0667. The number of anilines is 2. The average Bonchev–Trinajstić information content (AvgIpc) is 2.87. The van der Waals surface area contributed by atoms with Crippen molar-refractivity contribution < 1.29 is 0 Å². The molecule has 3 nitrogen and oxygen atoms in total. The van der Waals surface area contributed by atoms with E-state index in [0.717, 1.165) is 21.4 Å². The Hall–Kier alpha value is -1.91. The molecule has 0 spiro atoms. The number of nitrogens with one attached hydrogen (secondary N) is 1. The molecule has 1 heterocycles. The monoisotopic (exact) mass is 301 g/mol. The van der Waals surface area contributed by atoms with Crippen LogP contribution in [0, 0.1) is 6.92 Å². The SMILES string of the molecule is Cc1ccccc1-c1nnc(Nc2cccc(Cl)c2)s1. The number of aryl methyl sites for hydroxylation is 1. The maximum absolute atomic E-state index is 5.96. The Balaban J connectivity index is 1.86. The van der Waals surface area contributed by atoms with Crippen molar-refractivity contribution >= 4 is 33.8 Å². The average molecular weight is 302 g/mol. The zero-order valence-corrected chi connectivity index (χ0v) is 12.4. The molecule has 0 fully saturated rings.